The van der Waals surface area contributed by atoms with E-state index in [1.807, 2.05) is 0 Å². The van der Waals surface area contributed by atoms with Crippen molar-refractivity contribution in [3.05, 3.63) is 35.4 Å². The lowest BCUT2D eigenvalue weighted by Gasteiger charge is -2.28. The summed E-state index contributed by atoms with van der Waals surface area (Å²) in [5.41, 5.74) is 2.98. The van der Waals surface area contributed by atoms with E-state index < -0.39 is 0 Å². The zero-order valence-corrected chi connectivity index (χ0v) is 10.3. The van der Waals surface area contributed by atoms with Gasteiger partial charge >= 0.3 is 0 Å². The van der Waals surface area contributed by atoms with Gasteiger partial charge in [0.1, 0.15) is 0 Å². The van der Waals surface area contributed by atoms with E-state index in [-0.39, 0.29) is 6.10 Å². The summed E-state index contributed by atoms with van der Waals surface area (Å²) in [7, 11) is 0. The van der Waals surface area contributed by atoms with Crippen molar-refractivity contribution in [1.82, 2.24) is 0 Å². The second-order valence-corrected chi connectivity index (χ2v) is 5.34. The van der Waals surface area contributed by atoms with E-state index in [9.17, 15) is 5.11 Å². The van der Waals surface area contributed by atoms with Gasteiger partial charge in [0, 0.05) is 0 Å². The van der Waals surface area contributed by atoms with E-state index in [1.54, 1.807) is 0 Å². The van der Waals surface area contributed by atoms with Crippen LogP contribution in [0.2, 0.25) is 0 Å². The van der Waals surface area contributed by atoms with Crippen molar-refractivity contribution in [3.63, 3.8) is 0 Å². The Morgan fingerprint density at radius 2 is 2.06 bits per heavy atom. The third-order valence-corrected chi connectivity index (χ3v) is 3.79. The Bertz CT molecular complexity index is 343. The first-order valence-electron chi connectivity index (χ1n) is 6.44. The first kappa shape index (κ1) is 11.7. The Balaban J connectivity index is 2.13. The molecule has 0 radical (unpaired) electrons. The minimum absolute atomic E-state index is 0.156. The highest BCUT2D eigenvalue weighted by Crippen LogP contribution is 2.35. The van der Waals surface area contributed by atoms with Gasteiger partial charge in [-0.05, 0) is 48.6 Å². The molecule has 16 heavy (non-hydrogen) atoms. The van der Waals surface area contributed by atoms with Gasteiger partial charge in [0.2, 0.25) is 0 Å². The molecule has 0 amide bonds. The summed E-state index contributed by atoms with van der Waals surface area (Å²) < 4.78 is 0. The summed E-state index contributed by atoms with van der Waals surface area (Å²) in [5, 5.41) is 10.0. The average molecular weight is 218 g/mol. The lowest BCUT2D eigenvalue weighted by Crippen LogP contribution is -2.21. The van der Waals surface area contributed by atoms with Crippen LogP contribution < -0.4 is 0 Å². The molecule has 0 aliphatic heterocycles. The van der Waals surface area contributed by atoms with Gasteiger partial charge in [-0.2, -0.15) is 0 Å². The topological polar surface area (TPSA) is 20.2 Å². The zero-order valence-electron chi connectivity index (χ0n) is 10.3. The molecule has 2 unspecified atom stereocenters. The van der Waals surface area contributed by atoms with Crippen molar-refractivity contribution < 1.29 is 5.11 Å². The fraction of sp³-hybridized carbons (Fsp3) is 0.600. The molecule has 0 saturated carbocycles. The Morgan fingerprint density at radius 3 is 2.81 bits per heavy atom. The summed E-state index contributed by atoms with van der Waals surface area (Å²) in [6.07, 6.45) is 4.49. The molecule has 88 valence electrons. The second kappa shape index (κ2) is 5.01. The van der Waals surface area contributed by atoms with Crippen LogP contribution in [0.1, 0.15) is 50.2 Å². The minimum Gasteiger partial charge on any atom is -0.393 e. The molecule has 1 N–H and O–H groups in total. The third kappa shape index (κ3) is 2.46. The lowest BCUT2D eigenvalue weighted by atomic mass is 9.79. The molecule has 2 atom stereocenters. The van der Waals surface area contributed by atoms with Gasteiger partial charge in [-0.3, -0.25) is 0 Å². The van der Waals surface area contributed by atoms with Crippen molar-refractivity contribution in [3.8, 4) is 0 Å². The van der Waals surface area contributed by atoms with Crippen molar-refractivity contribution in [1.29, 1.82) is 0 Å². The highest BCUT2D eigenvalue weighted by atomic mass is 16.3. The number of aliphatic hydroxyl groups is 1. The number of aliphatic hydroxyl groups excluding tert-OH is 1. The van der Waals surface area contributed by atoms with Gasteiger partial charge in [0.25, 0.3) is 0 Å². The molecule has 0 heterocycles. The fourth-order valence-corrected chi connectivity index (χ4v) is 2.66. The van der Waals surface area contributed by atoms with E-state index in [1.165, 1.54) is 30.4 Å². The largest absolute Gasteiger partial charge is 0.393 e. The fourth-order valence-electron chi connectivity index (χ4n) is 2.66. The molecule has 1 aromatic rings. The standard InChI is InChI=1S/C15H22O/c1-11(2)15(16)10-13-8-5-7-12-6-3-4-9-14(12)13/h3-4,6,9,11,13,15-16H,5,7-8,10H2,1-2H3. The summed E-state index contributed by atoms with van der Waals surface area (Å²) >= 11 is 0. The summed E-state index contributed by atoms with van der Waals surface area (Å²) in [6, 6.07) is 8.73. The SMILES string of the molecule is CC(C)C(O)CC1CCCc2ccccc21. The number of fused-ring (bicyclic) bond motifs is 1. The highest BCUT2D eigenvalue weighted by Gasteiger charge is 2.23. The molecule has 0 bridgehead atoms. The predicted molar refractivity (Wildman–Crippen MR) is 67.6 cm³/mol. The molecule has 2 rings (SSSR count). The van der Waals surface area contributed by atoms with E-state index in [0.29, 0.717) is 11.8 Å². The van der Waals surface area contributed by atoms with Gasteiger partial charge in [-0.1, -0.05) is 38.1 Å². The van der Waals surface area contributed by atoms with Crippen LogP contribution in [-0.4, -0.2) is 11.2 Å². The molecule has 1 aliphatic rings. The van der Waals surface area contributed by atoms with E-state index in [2.05, 4.69) is 38.1 Å². The minimum atomic E-state index is -0.156. The average Bonchev–Trinajstić information content (AvgIpc) is 2.29. The van der Waals surface area contributed by atoms with Crippen LogP contribution in [0.15, 0.2) is 24.3 Å². The van der Waals surface area contributed by atoms with Gasteiger partial charge in [0.05, 0.1) is 6.10 Å². The molecule has 1 heteroatoms. The van der Waals surface area contributed by atoms with Crippen LogP contribution in [-0.2, 0) is 6.42 Å². The molecule has 1 nitrogen and oxygen atoms in total. The Labute approximate surface area is 98.5 Å². The molecular formula is C15H22O. The molecule has 0 fully saturated rings. The van der Waals surface area contributed by atoms with Crippen molar-refractivity contribution in [2.45, 2.75) is 51.6 Å². The smallest absolute Gasteiger partial charge is 0.0569 e. The maximum atomic E-state index is 10.0. The Hall–Kier alpha value is -0.820. The number of rotatable bonds is 3. The van der Waals surface area contributed by atoms with Crippen LogP contribution in [0.4, 0.5) is 0 Å². The monoisotopic (exact) mass is 218 g/mol. The molecule has 0 saturated heterocycles. The molecule has 1 aliphatic carbocycles. The van der Waals surface area contributed by atoms with Gasteiger partial charge in [-0.25, -0.2) is 0 Å². The number of benzene rings is 1. The van der Waals surface area contributed by atoms with Crippen LogP contribution in [0.25, 0.3) is 0 Å². The Morgan fingerprint density at radius 1 is 1.31 bits per heavy atom. The predicted octanol–water partition coefficient (Wildman–Crippen LogP) is 3.51. The van der Waals surface area contributed by atoms with Gasteiger partial charge in [-0.15, -0.1) is 0 Å². The third-order valence-electron chi connectivity index (χ3n) is 3.79. The summed E-state index contributed by atoms with van der Waals surface area (Å²) in [4.78, 5) is 0. The quantitative estimate of drug-likeness (QED) is 0.823. The van der Waals surface area contributed by atoms with Crippen molar-refractivity contribution >= 4 is 0 Å². The molecule has 1 aromatic carbocycles. The normalized spacial score (nSPS) is 21.9. The molecule has 0 spiro atoms. The Kier molecular flexibility index (Phi) is 3.65. The van der Waals surface area contributed by atoms with Crippen LogP contribution in [0.5, 0.6) is 0 Å². The van der Waals surface area contributed by atoms with E-state index in [0.717, 1.165) is 6.42 Å². The van der Waals surface area contributed by atoms with Crippen molar-refractivity contribution in [2.24, 2.45) is 5.92 Å². The van der Waals surface area contributed by atoms with E-state index in [4.69, 9.17) is 0 Å². The molecular weight excluding hydrogens is 196 g/mol. The highest BCUT2D eigenvalue weighted by molar-refractivity contribution is 5.32. The maximum absolute atomic E-state index is 10.0. The van der Waals surface area contributed by atoms with Gasteiger partial charge < -0.3 is 5.11 Å². The van der Waals surface area contributed by atoms with Crippen molar-refractivity contribution in [2.75, 3.05) is 0 Å². The lowest BCUT2D eigenvalue weighted by molar-refractivity contribution is 0.106. The summed E-state index contributed by atoms with van der Waals surface area (Å²) in [5.74, 6) is 0.941. The van der Waals surface area contributed by atoms with Crippen LogP contribution >= 0.6 is 0 Å². The first-order chi connectivity index (χ1) is 7.68. The number of hydrogen-bond acceptors (Lipinski definition) is 1. The van der Waals surface area contributed by atoms with Crippen LogP contribution in [0.3, 0.4) is 0 Å². The second-order valence-electron chi connectivity index (χ2n) is 5.34. The molecule has 0 aromatic heterocycles. The summed E-state index contributed by atoms with van der Waals surface area (Å²) in [6.45, 7) is 4.19. The maximum Gasteiger partial charge on any atom is 0.0569 e. The van der Waals surface area contributed by atoms with Crippen LogP contribution in [0, 0.1) is 5.92 Å². The van der Waals surface area contributed by atoms with E-state index >= 15 is 0 Å². The zero-order chi connectivity index (χ0) is 11.5. The number of aryl methyl sites for hydroxylation is 1. The number of hydrogen-bond donors (Lipinski definition) is 1. The first-order valence-corrected chi connectivity index (χ1v) is 6.44. The van der Waals surface area contributed by atoms with Gasteiger partial charge in [0.15, 0.2) is 0 Å².